The van der Waals surface area contributed by atoms with E-state index in [0.717, 1.165) is 40.7 Å². The molecule has 1 aliphatic heterocycles. The molecule has 1 aliphatic rings. The highest BCUT2D eigenvalue weighted by Crippen LogP contribution is 2.36. The number of likely N-dealkylation sites (tertiary alicyclic amines) is 1. The third-order valence-corrected chi connectivity index (χ3v) is 8.63. The zero-order valence-electron chi connectivity index (χ0n) is 24.5. The Balaban J connectivity index is 1.33. The molecule has 3 aromatic heterocycles. The van der Waals surface area contributed by atoms with Gasteiger partial charge in [0.05, 0.1) is 24.8 Å². The smallest absolute Gasteiger partial charge is 0.255 e. The maximum Gasteiger partial charge on any atom is 0.255 e. The Morgan fingerprint density at radius 1 is 1.17 bits per heavy atom. The zero-order valence-corrected chi connectivity index (χ0v) is 24.5. The molecule has 1 aromatic carbocycles. The van der Waals surface area contributed by atoms with Gasteiger partial charge in [0, 0.05) is 59.0 Å². The number of carbonyl (C=O) groups is 2. The number of nitrogens with one attached hydrogen (secondary N) is 1. The Kier molecular flexibility index (Phi) is 8.15. The summed E-state index contributed by atoms with van der Waals surface area (Å²) in [5.74, 6) is 0.955. The van der Waals surface area contributed by atoms with Crippen LogP contribution in [-0.4, -0.2) is 51.5 Å². The standard InChI is InChI=1S/C32H38N4O5/c1-19-18-41-34-26(19)17-30(38)35-14-12-23(13-15-35)21(3)36-22(4)31(24-8-6-7-9-27(24)36)28(37)11-10-25-29(40-5)16-20(2)33-32(25)39/h6-9,16,18,21,23H,10-15,17H2,1-5H3,(H,33,39)/t21-/m1/s1. The van der Waals surface area contributed by atoms with Gasteiger partial charge >= 0.3 is 0 Å². The second-order valence-corrected chi connectivity index (χ2v) is 11.2. The highest BCUT2D eigenvalue weighted by Gasteiger charge is 2.31. The highest BCUT2D eigenvalue weighted by molar-refractivity contribution is 6.09. The molecule has 0 unspecified atom stereocenters. The van der Waals surface area contributed by atoms with Crippen molar-refractivity contribution >= 4 is 22.6 Å². The van der Waals surface area contributed by atoms with Crippen LogP contribution in [0.5, 0.6) is 5.75 Å². The number of hydrogen-bond acceptors (Lipinski definition) is 6. The number of rotatable bonds is 9. The summed E-state index contributed by atoms with van der Waals surface area (Å²) in [5.41, 5.74) is 5.26. The van der Waals surface area contributed by atoms with Gasteiger partial charge in [0.2, 0.25) is 5.91 Å². The van der Waals surface area contributed by atoms with Crippen LogP contribution in [0.25, 0.3) is 10.9 Å². The maximum absolute atomic E-state index is 13.7. The van der Waals surface area contributed by atoms with E-state index < -0.39 is 0 Å². The number of piperidine rings is 1. The van der Waals surface area contributed by atoms with Crippen LogP contribution in [-0.2, 0) is 17.6 Å². The Morgan fingerprint density at radius 2 is 1.90 bits per heavy atom. The summed E-state index contributed by atoms with van der Waals surface area (Å²) in [6, 6.07) is 9.98. The number of Topliss-reactive ketones (excluding diaryl/α,β-unsaturated/α-hetero) is 1. The number of aryl methyl sites for hydroxylation is 2. The maximum atomic E-state index is 13.7. The lowest BCUT2D eigenvalue weighted by atomic mass is 9.89. The second-order valence-electron chi connectivity index (χ2n) is 11.2. The number of fused-ring (bicyclic) bond motifs is 1. The van der Waals surface area contributed by atoms with Crippen molar-refractivity contribution in [3.05, 3.63) is 80.7 Å². The molecule has 1 N–H and O–H groups in total. The van der Waals surface area contributed by atoms with Crippen molar-refractivity contribution in [1.29, 1.82) is 0 Å². The summed E-state index contributed by atoms with van der Waals surface area (Å²) in [6.07, 6.45) is 4.10. The number of ether oxygens (including phenoxy) is 1. The van der Waals surface area contributed by atoms with E-state index in [0.29, 0.717) is 48.0 Å². The van der Waals surface area contributed by atoms with E-state index in [4.69, 9.17) is 9.26 Å². The number of carbonyl (C=O) groups excluding carboxylic acids is 2. The number of benzene rings is 1. The molecule has 0 aliphatic carbocycles. The largest absolute Gasteiger partial charge is 0.496 e. The van der Waals surface area contributed by atoms with Gasteiger partial charge in [-0.2, -0.15) is 0 Å². The molecule has 41 heavy (non-hydrogen) atoms. The van der Waals surface area contributed by atoms with E-state index in [2.05, 4.69) is 27.7 Å². The van der Waals surface area contributed by atoms with E-state index >= 15 is 0 Å². The number of aromatic nitrogens is 3. The first-order valence-corrected chi connectivity index (χ1v) is 14.3. The van der Waals surface area contributed by atoms with E-state index in [-0.39, 0.29) is 36.1 Å². The SMILES string of the molecule is COc1cc(C)[nH]c(=O)c1CCC(=O)c1c(C)n([C@H](C)C2CCN(C(=O)Cc3nocc3C)CC2)c2ccccc12. The number of H-pyrrole nitrogens is 1. The molecule has 4 heterocycles. The number of methoxy groups -OCH3 is 1. The Hall–Kier alpha value is -4.14. The van der Waals surface area contributed by atoms with Gasteiger partial charge in [-0.3, -0.25) is 14.4 Å². The minimum Gasteiger partial charge on any atom is -0.496 e. The molecule has 9 nitrogen and oxygen atoms in total. The van der Waals surface area contributed by atoms with Gasteiger partial charge in [-0.15, -0.1) is 0 Å². The van der Waals surface area contributed by atoms with Crippen LogP contribution in [0.4, 0.5) is 0 Å². The van der Waals surface area contributed by atoms with Crippen LogP contribution < -0.4 is 10.3 Å². The molecule has 0 saturated carbocycles. The minimum atomic E-state index is -0.219. The van der Waals surface area contributed by atoms with Crippen LogP contribution in [0.2, 0.25) is 0 Å². The molecule has 0 spiro atoms. The molecule has 1 amide bonds. The lowest BCUT2D eigenvalue weighted by Crippen LogP contribution is -2.41. The molecular formula is C32H38N4O5. The van der Waals surface area contributed by atoms with Gasteiger partial charge in [-0.25, -0.2) is 0 Å². The van der Waals surface area contributed by atoms with Crippen LogP contribution in [0.1, 0.15) is 70.8 Å². The number of hydrogen-bond donors (Lipinski definition) is 1. The first-order valence-electron chi connectivity index (χ1n) is 14.3. The Bertz CT molecular complexity index is 1640. The predicted octanol–water partition coefficient (Wildman–Crippen LogP) is 5.11. The average Bonchev–Trinajstić information content (AvgIpc) is 3.50. The van der Waals surface area contributed by atoms with Crippen molar-refractivity contribution in [2.24, 2.45) is 5.92 Å². The fourth-order valence-electron chi connectivity index (χ4n) is 6.31. The van der Waals surface area contributed by atoms with Gasteiger partial charge in [0.25, 0.3) is 5.56 Å². The van der Waals surface area contributed by atoms with Crippen molar-refractivity contribution < 1.29 is 18.8 Å². The normalized spacial score (nSPS) is 14.9. The topological polar surface area (TPSA) is 110 Å². The van der Waals surface area contributed by atoms with Gasteiger partial charge in [-0.05, 0) is 65.0 Å². The van der Waals surface area contributed by atoms with E-state index in [1.807, 2.05) is 36.9 Å². The summed E-state index contributed by atoms with van der Waals surface area (Å²) < 4.78 is 12.7. The third-order valence-electron chi connectivity index (χ3n) is 8.63. The van der Waals surface area contributed by atoms with Gasteiger partial charge < -0.3 is 23.7 Å². The number of pyridine rings is 1. The summed E-state index contributed by atoms with van der Waals surface area (Å²) >= 11 is 0. The first kappa shape index (κ1) is 28.4. The molecule has 9 heteroatoms. The summed E-state index contributed by atoms with van der Waals surface area (Å²) in [5, 5.41) is 4.89. The van der Waals surface area contributed by atoms with Crippen LogP contribution in [0.3, 0.4) is 0 Å². The highest BCUT2D eigenvalue weighted by atomic mass is 16.5. The second kappa shape index (κ2) is 11.8. The summed E-state index contributed by atoms with van der Waals surface area (Å²) in [7, 11) is 1.54. The molecule has 0 bridgehead atoms. The molecule has 5 rings (SSSR count). The average molecular weight is 559 g/mol. The molecule has 4 aromatic rings. The molecule has 1 saturated heterocycles. The van der Waals surface area contributed by atoms with Crippen molar-refractivity contribution in [2.75, 3.05) is 20.2 Å². The fraction of sp³-hybridized carbons (Fsp3) is 0.438. The molecule has 1 atom stereocenters. The first-order chi connectivity index (χ1) is 19.7. The van der Waals surface area contributed by atoms with Crippen molar-refractivity contribution in [1.82, 2.24) is 19.6 Å². The summed E-state index contributed by atoms with van der Waals surface area (Å²) in [4.78, 5) is 43.9. The van der Waals surface area contributed by atoms with Gasteiger partial charge in [0.1, 0.15) is 12.0 Å². The minimum absolute atomic E-state index is 0.00948. The molecule has 216 valence electrons. The number of ketones is 1. The van der Waals surface area contributed by atoms with Gasteiger partial charge in [0.15, 0.2) is 5.78 Å². The molecule has 1 fully saturated rings. The fourth-order valence-corrected chi connectivity index (χ4v) is 6.31. The van der Waals surface area contributed by atoms with Crippen LogP contribution in [0, 0.1) is 26.7 Å². The molecule has 0 radical (unpaired) electrons. The lowest BCUT2D eigenvalue weighted by Gasteiger charge is -2.36. The number of nitrogens with zero attached hydrogens (tertiary/aromatic N) is 3. The number of amides is 1. The number of para-hydroxylation sites is 1. The van der Waals surface area contributed by atoms with Crippen LogP contribution >= 0.6 is 0 Å². The number of aromatic amines is 1. The lowest BCUT2D eigenvalue weighted by molar-refractivity contribution is -0.132. The molecular weight excluding hydrogens is 520 g/mol. The quantitative estimate of drug-likeness (QED) is 0.286. The van der Waals surface area contributed by atoms with E-state index in [9.17, 15) is 14.4 Å². The monoisotopic (exact) mass is 558 g/mol. The van der Waals surface area contributed by atoms with Gasteiger partial charge in [-0.1, -0.05) is 23.4 Å². The van der Waals surface area contributed by atoms with E-state index in [1.165, 1.54) is 7.11 Å². The zero-order chi connectivity index (χ0) is 29.3. The van der Waals surface area contributed by atoms with Crippen LogP contribution in [0.15, 0.2) is 45.9 Å². The Labute approximate surface area is 239 Å². The third kappa shape index (κ3) is 5.58. The van der Waals surface area contributed by atoms with Crippen molar-refractivity contribution in [2.45, 2.75) is 65.8 Å². The predicted molar refractivity (Wildman–Crippen MR) is 157 cm³/mol. The van der Waals surface area contributed by atoms with Crippen molar-refractivity contribution in [3.63, 3.8) is 0 Å². The van der Waals surface area contributed by atoms with Crippen molar-refractivity contribution in [3.8, 4) is 5.75 Å². The van der Waals surface area contributed by atoms with E-state index in [1.54, 1.807) is 19.3 Å². The Morgan fingerprint density at radius 3 is 2.59 bits per heavy atom. The summed E-state index contributed by atoms with van der Waals surface area (Å²) in [6.45, 7) is 9.32.